The summed E-state index contributed by atoms with van der Waals surface area (Å²) in [5.74, 6) is 3.12. The van der Waals surface area contributed by atoms with Gasteiger partial charge in [-0.25, -0.2) is 0 Å². The van der Waals surface area contributed by atoms with Crippen LogP contribution < -0.4 is 10.1 Å². The van der Waals surface area contributed by atoms with Gasteiger partial charge >= 0.3 is 0 Å². The van der Waals surface area contributed by atoms with Crippen LogP contribution in [-0.4, -0.2) is 13.7 Å². The molecule has 2 fully saturated rings. The van der Waals surface area contributed by atoms with Crippen LogP contribution in [0, 0.1) is 17.8 Å². The van der Waals surface area contributed by atoms with Gasteiger partial charge in [-0.3, -0.25) is 0 Å². The molecule has 0 aliphatic heterocycles. The van der Waals surface area contributed by atoms with Crippen molar-refractivity contribution in [2.24, 2.45) is 17.8 Å². The zero-order valence-corrected chi connectivity index (χ0v) is 14.2. The van der Waals surface area contributed by atoms with Crippen LogP contribution >= 0.6 is 23.2 Å². The van der Waals surface area contributed by atoms with Gasteiger partial charge in [-0.15, -0.1) is 0 Å². The summed E-state index contributed by atoms with van der Waals surface area (Å²) >= 11 is 12.9. The largest absolute Gasteiger partial charge is 0.492 e. The fraction of sp³-hybridized carbons (Fsp3) is 0.647. The molecule has 0 saturated heterocycles. The summed E-state index contributed by atoms with van der Waals surface area (Å²) < 4.78 is 5.52. The van der Waals surface area contributed by atoms with E-state index in [1.165, 1.54) is 25.7 Å². The molecule has 0 radical (unpaired) electrons. The van der Waals surface area contributed by atoms with Crippen LogP contribution in [0.4, 0.5) is 0 Å². The fourth-order valence-electron chi connectivity index (χ4n) is 4.35. The van der Waals surface area contributed by atoms with E-state index < -0.39 is 0 Å². The van der Waals surface area contributed by atoms with Gasteiger partial charge < -0.3 is 10.1 Å². The Morgan fingerprint density at radius 1 is 1.24 bits per heavy atom. The van der Waals surface area contributed by atoms with Crippen molar-refractivity contribution in [3.63, 3.8) is 0 Å². The number of benzene rings is 1. The number of hydrogen-bond acceptors (Lipinski definition) is 2. The lowest BCUT2D eigenvalue weighted by Crippen LogP contribution is -2.29. The molecule has 3 rings (SSSR count). The van der Waals surface area contributed by atoms with Gasteiger partial charge in [0.05, 0.1) is 11.6 Å². The maximum absolute atomic E-state index is 6.51. The molecule has 1 aromatic carbocycles. The quantitative estimate of drug-likeness (QED) is 0.813. The third kappa shape index (κ3) is 2.91. The lowest BCUT2D eigenvalue weighted by atomic mass is 9.80. The Balaban J connectivity index is 1.88. The van der Waals surface area contributed by atoms with Gasteiger partial charge in [-0.05, 0) is 62.6 Å². The van der Waals surface area contributed by atoms with E-state index in [1.54, 1.807) is 0 Å². The molecule has 1 aromatic rings. The predicted octanol–water partition coefficient (Wildman–Crippen LogP) is 5.09. The summed E-state index contributed by atoms with van der Waals surface area (Å²) in [5.41, 5.74) is 1.12. The topological polar surface area (TPSA) is 21.3 Å². The number of rotatable bonds is 5. The second-order valence-electron chi connectivity index (χ2n) is 6.34. The molecule has 2 bridgehead atoms. The van der Waals surface area contributed by atoms with Crippen LogP contribution in [0.3, 0.4) is 0 Å². The number of fused-ring (bicyclic) bond motifs is 2. The average molecular weight is 328 g/mol. The average Bonchev–Trinajstić information content (AvgIpc) is 3.08. The second kappa shape index (κ2) is 6.36. The van der Waals surface area contributed by atoms with Crippen molar-refractivity contribution in [3.05, 3.63) is 27.7 Å². The van der Waals surface area contributed by atoms with Crippen molar-refractivity contribution >= 4 is 23.2 Å². The first-order valence-corrected chi connectivity index (χ1v) is 8.68. The summed E-state index contributed by atoms with van der Waals surface area (Å²) in [4.78, 5) is 0. The first kappa shape index (κ1) is 15.5. The molecule has 2 nitrogen and oxygen atoms in total. The van der Waals surface area contributed by atoms with E-state index in [2.05, 4.69) is 5.32 Å². The third-order valence-corrected chi connectivity index (χ3v) is 5.84. The van der Waals surface area contributed by atoms with Crippen LogP contribution in [0.5, 0.6) is 5.75 Å². The van der Waals surface area contributed by atoms with Crippen LogP contribution in [-0.2, 0) is 0 Å². The molecule has 0 spiro atoms. The maximum Gasteiger partial charge on any atom is 0.139 e. The van der Waals surface area contributed by atoms with Crippen molar-refractivity contribution in [2.75, 3.05) is 13.7 Å². The van der Waals surface area contributed by atoms with Crippen LogP contribution in [0.1, 0.15) is 44.2 Å². The molecule has 116 valence electrons. The van der Waals surface area contributed by atoms with Gasteiger partial charge in [-0.2, -0.15) is 0 Å². The van der Waals surface area contributed by atoms with Gasteiger partial charge in [0.2, 0.25) is 0 Å². The summed E-state index contributed by atoms with van der Waals surface area (Å²) in [7, 11) is 2.03. The molecule has 2 saturated carbocycles. The smallest absolute Gasteiger partial charge is 0.139 e. The molecule has 0 aromatic heterocycles. The van der Waals surface area contributed by atoms with Crippen LogP contribution in [0.15, 0.2) is 12.1 Å². The van der Waals surface area contributed by atoms with E-state index in [9.17, 15) is 0 Å². The maximum atomic E-state index is 6.51. The first-order valence-electron chi connectivity index (χ1n) is 7.93. The fourth-order valence-corrected chi connectivity index (χ4v) is 4.85. The van der Waals surface area contributed by atoms with E-state index in [4.69, 9.17) is 27.9 Å². The molecular formula is C17H23Cl2NO. The Kier molecular flexibility index (Phi) is 4.68. The van der Waals surface area contributed by atoms with Gasteiger partial charge in [0.1, 0.15) is 5.75 Å². The number of nitrogens with one attached hydrogen (secondary N) is 1. The van der Waals surface area contributed by atoms with E-state index in [0.29, 0.717) is 29.3 Å². The Bertz CT molecular complexity index is 520. The Morgan fingerprint density at radius 2 is 2.05 bits per heavy atom. The van der Waals surface area contributed by atoms with Crippen molar-refractivity contribution in [3.8, 4) is 5.75 Å². The lowest BCUT2D eigenvalue weighted by Gasteiger charge is -2.31. The van der Waals surface area contributed by atoms with Gasteiger partial charge in [-0.1, -0.05) is 29.6 Å². The molecule has 4 unspecified atom stereocenters. The summed E-state index contributed by atoms with van der Waals surface area (Å²) in [5, 5.41) is 4.89. The minimum Gasteiger partial charge on any atom is -0.492 e. The molecule has 4 heteroatoms. The molecular weight excluding hydrogens is 305 g/mol. The molecule has 21 heavy (non-hydrogen) atoms. The molecule has 1 N–H and O–H groups in total. The monoisotopic (exact) mass is 327 g/mol. The Labute approximate surface area is 137 Å². The molecule has 4 atom stereocenters. The molecule has 0 heterocycles. The first-order chi connectivity index (χ1) is 10.1. The summed E-state index contributed by atoms with van der Waals surface area (Å²) in [6.07, 6.45) is 5.49. The molecule has 0 amide bonds. The standard InChI is InChI=1S/C17H23Cl2NO/c1-3-21-16-9-14(18)13(8-15(16)19)17(20-2)12-7-10-4-5-11(12)6-10/h8-12,17,20H,3-7H2,1-2H3. The highest BCUT2D eigenvalue weighted by atomic mass is 35.5. The van der Waals surface area contributed by atoms with Crippen molar-refractivity contribution in [1.29, 1.82) is 0 Å². The van der Waals surface area contributed by atoms with Gasteiger partial charge in [0, 0.05) is 17.1 Å². The van der Waals surface area contributed by atoms with E-state index >= 15 is 0 Å². The number of hydrogen-bond donors (Lipinski definition) is 1. The SMILES string of the molecule is CCOc1cc(Cl)c(C(NC)C2CC3CCC2C3)cc1Cl. The second-order valence-corrected chi connectivity index (χ2v) is 7.16. The normalized spacial score (nSPS) is 28.9. The summed E-state index contributed by atoms with van der Waals surface area (Å²) in [6.45, 7) is 2.54. The Morgan fingerprint density at radius 3 is 2.62 bits per heavy atom. The highest BCUT2D eigenvalue weighted by molar-refractivity contribution is 6.34. The number of halogens is 2. The highest BCUT2D eigenvalue weighted by Gasteiger charge is 2.43. The van der Waals surface area contributed by atoms with Crippen molar-refractivity contribution in [2.45, 2.75) is 38.6 Å². The zero-order chi connectivity index (χ0) is 15.0. The van der Waals surface area contributed by atoms with E-state index in [1.807, 2.05) is 26.1 Å². The predicted molar refractivity (Wildman–Crippen MR) is 88.4 cm³/mol. The minimum absolute atomic E-state index is 0.293. The zero-order valence-electron chi connectivity index (χ0n) is 12.7. The third-order valence-electron chi connectivity index (χ3n) is 5.22. The number of ether oxygens (including phenoxy) is 1. The van der Waals surface area contributed by atoms with E-state index in [0.717, 1.165) is 22.4 Å². The molecule has 2 aliphatic carbocycles. The van der Waals surface area contributed by atoms with Crippen LogP contribution in [0.2, 0.25) is 10.0 Å². The lowest BCUT2D eigenvalue weighted by molar-refractivity contribution is 0.259. The van der Waals surface area contributed by atoms with Crippen molar-refractivity contribution in [1.82, 2.24) is 5.32 Å². The van der Waals surface area contributed by atoms with E-state index in [-0.39, 0.29) is 0 Å². The molecule has 2 aliphatic rings. The summed E-state index contributed by atoms with van der Waals surface area (Å²) in [6, 6.07) is 4.14. The van der Waals surface area contributed by atoms with Crippen molar-refractivity contribution < 1.29 is 4.74 Å². The Hall–Kier alpha value is -0.440. The van der Waals surface area contributed by atoms with Crippen LogP contribution in [0.25, 0.3) is 0 Å². The highest BCUT2D eigenvalue weighted by Crippen LogP contribution is 2.53. The van der Waals surface area contributed by atoms with Gasteiger partial charge in [0.15, 0.2) is 0 Å². The minimum atomic E-state index is 0.293. The van der Waals surface area contributed by atoms with Gasteiger partial charge in [0.25, 0.3) is 0 Å².